The van der Waals surface area contributed by atoms with Gasteiger partial charge in [-0.25, -0.2) is 19.7 Å². The van der Waals surface area contributed by atoms with E-state index in [-0.39, 0.29) is 16.9 Å². The number of carboxylic acids is 1. The molecule has 0 aliphatic carbocycles. The molecule has 0 spiro atoms. The molecule has 4 heterocycles. The summed E-state index contributed by atoms with van der Waals surface area (Å²) >= 11 is 5.89. The molecule has 2 bridgehead atoms. The first-order chi connectivity index (χ1) is 15.9. The summed E-state index contributed by atoms with van der Waals surface area (Å²) in [4.78, 5) is 27.4. The number of nitrogens with one attached hydrogen (secondary N) is 2. The van der Waals surface area contributed by atoms with E-state index in [0.29, 0.717) is 40.3 Å². The van der Waals surface area contributed by atoms with Gasteiger partial charge >= 0.3 is 5.97 Å². The van der Waals surface area contributed by atoms with Crippen molar-refractivity contribution >= 4 is 40.1 Å². The van der Waals surface area contributed by atoms with Crippen LogP contribution >= 0.6 is 11.6 Å². The third-order valence-electron chi connectivity index (χ3n) is 6.27. The summed E-state index contributed by atoms with van der Waals surface area (Å²) in [6.07, 6.45) is 1.08. The number of benzene rings is 1. The molecular weight excluding hydrogens is 442 g/mol. The molecule has 2 aliphatic heterocycles. The van der Waals surface area contributed by atoms with E-state index in [4.69, 9.17) is 16.6 Å². The van der Waals surface area contributed by atoms with Crippen LogP contribution in [0.4, 0.5) is 11.5 Å². The molecule has 0 radical (unpaired) electrons. The van der Waals surface area contributed by atoms with E-state index in [9.17, 15) is 15.2 Å². The molecule has 1 aromatic carbocycles. The molecule has 0 saturated carbocycles. The highest BCUT2D eigenvalue weighted by Gasteiger charge is 2.43. The molecule has 5 rings (SSSR count). The lowest BCUT2D eigenvalue weighted by Crippen LogP contribution is -2.68. The Balaban J connectivity index is 1.59. The van der Waals surface area contributed by atoms with Crippen molar-refractivity contribution in [2.45, 2.75) is 38.4 Å². The number of rotatable bonds is 5. The minimum Gasteiger partial charge on any atom is -0.476 e. The second-order valence-corrected chi connectivity index (χ2v) is 8.93. The first kappa shape index (κ1) is 21.4. The van der Waals surface area contributed by atoms with Crippen LogP contribution in [0.15, 0.2) is 24.3 Å². The first-order valence-electron chi connectivity index (χ1n) is 10.7. The zero-order valence-corrected chi connectivity index (χ0v) is 18.9. The number of piperazine rings is 1. The van der Waals surface area contributed by atoms with Crippen molar-refractivity contribution in [2.24, 2.45) is 0 Å². The van der Waals surface area contributed by atoms with Crippen molar-refractivity contribution in [1.29, 1.82) is 5.26 Å². The third kappa shape index (κ3) is 3.71. The molecule has 2 fully saturated rings. The van der Waals surface area contributed by atoms with Crippen molar-refractivity contribution in [1.82, 2.24) is 20.3 Å². The van der Waals surface area contributed by atoms with Crippen LogP contribution in [0.1, 0.15) is 46.7 Å². The summed E-state index contributed by atoms with van der Waals surface area (Å²) in [6.45, 7) is 5.61. The maximum absolute atomic E-state index is 11.7. The SMILES string of the molecule is Cc1cc([C@@H](C)Nc2ccc(Cl)nc2C(=O)O)c2nc(N3C4CNCC3C4)c(C#N)nc2c1. The molecule has 2 aliphatic rings. The second-order valence-electron chi connectivity index (χ2n) is 8.54. The number of fused-ring (bicyclic) bond motifs is 3. The molecule has 2 unspecified atom stereocenters. The van der Waals surface area contributed by atoms with Gasteiger partial charge in [-0.05, 0) is 44.0 Å². The number of halogens is 1. The summed E-state index contributed by atoms with van der Waals surface area (Å²) in [7, 11) is 0. The molecule has 10 heteroatoms. The summed E-state index contributed by atoms with van der Waals surface area (Å²) in [5.41, 5.74) is 3.69. The van der Waals surface area contributed by atoms with Gasteiger partial charge in [0.25, 0.3) is 0 Å². The fourth-order valence-corrected chi connectivity index (χ4v) is 4.91. The summed E-state index contributed by atoms with van der Waals surface area (Å²) in [5.74, 6) is -0.551. The summed E-state index contributed by atoms with van der Waals surface area (Å²) in [6, 6.07) is 9.61. The van der Waals surface area contributed by atoms with E-state index in [2.05, 4.69) is 31.6 Å². The van der Waals surface area contributed by atoms with E-state index in [1.807, 2.05) is 26.0 Å². The predicted octanol–water partition coefficient (Wildman–Crippen LogP) is 3.28. The molecule has 2 saturated heterocycles. The van der Waals surface area contributed by atoms with Crippen molar-refractivity contribution in [3.63, 3.8) is 0 Å². The zero-order valence-electron chi connectivity index (χ0n) is 18.1. The van der Waals surface area contributed by atoms with Crippen molar-refractivity contribution in [3.05, 3.63) is 51.9 Å². The second kappa shape index (κ2) is 8.14. The zero-order chi connectivity index (χ0) is 23.3. The van der Waals surface area contributed by atoms with E-state index in [0.717, 1.165) is 30.6 Å². The average Bonchev–Trinajstić information content (AvgIpc) is 2.79. The maximum Gasteiger partial charge on any atom is 0.356 e. The highest BCUT2D eigenvalue weighted by Crippen LogP contribution is 2.37. The molecule has 0 amide bonds. The lowest BCUT2D eigenvalue weighted by atomic mass is 9.88. The summed E-state index contributed by atoms with van der Waals surface area (Å²) < 4.78 is 0. The molecule has 9 nitrogen and oxygen atoms in total. The number of hydrogen-bond acceptors (Lipinski definition) is 8. The van der Waals surface area contributed by atoms with E-state index in [1.54, 1.807) is 12.1 Å². The summed E-state index contributed by atoms with van der Waals surface area (Å²) in [5, 5.41) is 26.1. The number of aryl methyl sites for hydroxylation is 1. The topological polar surface area (TPSA) is 127 Å². The van der Waals surface area contributed by atoms with Crippen molar-refractivity contribution in [2.75, 3.05) is 23.3 Å². The molecular formula is C23H22ClN7O2. The molecule has 2 aromatic heterocycles. The fourth-order valence-electron chi connectivity index (χ4n) is 4.76. The first-order valence-corrected chi connectivity index (χ1v) is 11.1. The van der Waals surface area contributed by atoms with Gasteiger partial charge in [-0.2, -0.15) is 5.26 Å². The quantitative estimate of drug-likeness (QED) is 0.488. The van der Waals surface area contributed by atoms with Gasteiger partial charge in [0.15, 0.2) is 17.2 Å². The molecule has 3 atom stereocenters. The van der Waals surface area contributed by atoms with Crippen LogP contribution in [-0.4, -0.2) is 51.2 Å². The molecule has 33 heavy (non-hydrogen) atoms. The van der Waals surface area contributed by atoms with Gasteiger partial charge in [0.05, 0.1) is 22.8 Å². The van der Waals surface area contributed by atoms with E-state index >= 15 is 0 Å². The number of nitriles is 1. The van der Waals surface area contributed by atoms with Crippen molar-refractivity contribution in [3.8, 4) is 6.07 Å². The van der Waals surface area contributed by atoms with Crippen LogP contribution in [0.5, 0.6) is 0 Å². The van der Waals surface area contributed by atoms with Crippen LogP contribution in [0.2, 0.25) is 5.15 Å². The van der Waals surface area contributed by atoms with E-state index in [1.165, 1.54) is 0 Å². The van der Waals surface area contributed by atoms with Crippen LogP contribution in [-0.2, 0) is 0 Å². The lowest BCUT2D eigenvalue weighted by molar-refractivity contribution is 0.0691. The smallest absolute Gasteiger partial charge is 0.356 e. The highest BCUT2D eigenvalue weighted by atomic mass is 35.5. The van der Waals surface area contributed by atoms with Gasteiger partial charge in [-0.1, -0.05) is 17.7 Å². The van der Waals surface area contributed by atoms with Crippen LogP contribution in [0.3, 0.4) is 0 Å². The number of pyridine rings is 1. The van der Waals surface area contributed by atoms with E-state index < -0.39 is 5.97 Å². The Morgan fingerprint density at radius 2 is 2.06 bits per heavy atom. The largest absolute Gasteiger partial charge is 0.476 e. The maximum atomic E-state index is 11.7. The Hall–Kier alpha value is -3.48. The number of aromatic carboxylic acids is 1. The average molecular weight is 464 g/mol. The highest BCUT2D eigenvalue weighted by molar-refractivity contribution is 6.29. The number of anilines is 2. The monoisotopic (exact) mass is 463 g/mol. The number of piperidine rings is 1. The Morgan fingerprint density at radius 3 is 2.73 bits per heavy atom. The number of carboxylic acid groups (broad SMARTS) is 1. The Labute approximate surface area is 195 Å². The van der Waals surface area contributed by atoms with Crippen molar-refractivity contribution < 1.29 is 9.90 Å². The van der Waals surface area contributed by atoms with Gasteiger partial charge in [0.2, 0.25) is 0 Å². The number of aromatic nitrogens is 3. The standard InChI is InChI=1S/C23H22ClN7O2/c1-11-5-15(12(2)27-16-3-4-19(24)29-21(16)23(32)33)20-17(6-11)28-18(8-25)22(30-20)31-13-7-14(31)10-26-9-13/h3-6,12-14,26-27H,7,9-10H2,1-2H3,(H,32,33)/t12-,13?,14?/m1/s1. The van der Waals surface area contributed by atoms with Gasteiger partial charge < -0.3 is 20.6 Å². The molecule has 3 N–H and O–H groups in total. The van der Waals surface area contributed by atoms with Crippen LogP contribution in [0.25, 0.3) is 11.0 Å². The Kier molecular flexibility index (Phi) is 5.27. The number of carbonyl (C=O) groups is 1. The molecule has 168 valence electrons. The van der Waals surface area contributed by atoms with Crippen LogP contribution in [0, 0.1) is 18.3 Å². The Bertz CT molecular complexity index is 1310. The fraction of sp³-hybridized carbons (Fsp3) is 0.348. The van der Waals surface area contributed by atoms with Gasteiger partial charge in [0, 0.05) is 30.7 Å². The predicted molar refractivity (Wildman–Crippen MR) is 125 cm³/mol. The third-order valence-corrected chi connectivity index (χ3v) is 6.48. The Morgan fingerprint density at radius 1 is 1.30 bits per heavy atom. The van der Waals surface area contributed by atoms with Gasteiger partial charge in [-0.15, -0.1) is 0 Å². The minimum absolute atomic E-state index is 0.112. The van der Waals surface area contributed by atoms with Gasteiger partial charge in [-0.3, -0.25) is 0 Å². The number of nitrogens with zero attached hydrogens (tertiary/aromatic N) is 5. The normalized spacial score (nSPS) is 20.1. The van der Waals surface area contributed by atoms with Gasteiger partial charge in [0.1, 0.15) is 11.2 Å². The molecule has 3 aromatic rings. The lowest BCUT2D eigenvalue weighted by Gasteiger charge is -2.53. The van der Waals surface area contributed by atoms with Crippen LogP contribution < -0.4 is 15.5 Å². The minimum atomic E-state index is -1.17. The number of hydrogen-bond donors (Lipinski definition) is 3.